The lowest BCUT2D eigenvalue weighted by Crippen LogP contribution is -2.40. The Morgan fingerprint density at radius 2 is 1.95 bits per heavy atom. The number of benzene rings is 1. The fraction of sp³-hybridized carbons (Fsp3) is 0.552. The fourth-order valence-corrected chi connectivity index (χ4v) is 6.82. The first-order chi connectivity index (χ1) is 19.8. The van der Waals surface area contributed by atoms with Crippen molar-refractivity contribution in [1.29, 1.82) is 0 Å². The van der Waals surface area contributed by atoms with E-state index in [9.17, 15) is 9.90 Å². The standard InChI is InChI=1S/C29H32ClFN4O6/c1-14(36)35-6-4-17(5-7-35)40-18-8-15-2-3-16(25(15)20(31)10-18)9-21-19(30)11-22-28(32-21)34-29(33-22)41-24-13-39-26-23(37)12-38-27(24)26/h8,10-11,16-17,23-24,26-27,37H,2-7,9,12-13H2,1H3,(H,32,33,34)/t16?,23-,24-,26-,27-/m1/s1. The molecule has 10 nitrogen and oxygen atoms in total. The van der Waals surface area contributed by atoms with E-state index in [1.807, 2.05) is 11.0 Å². The Hall–Kier alpha value is -2.99. The molecular formula is C29H32ClFN4O6. The number of likely N-dealkylation sites (tertiary alicyclic amines) is 1. The molecule has 2 N–H and O–H groups in total. The third kappa shape index (κ3) is 5.13. The molecule has 1 unspecified atom stereocenters. The number of hydrogen-bond donors (Lipinski definition) is 2. The number of amides is 1. The number of aromatic nitrogens is 3. The lowest BCUT2D eigenvalue weighted by atomic mass is 9.95. The molecule has 41 heavy (non-hydrogen) atoms. The molecule has 218 valence electrons. The number of piperidine rings is 1. The van der Waals surface area contributed by atoms with Gasteiger partial charge in [-0.15, -0.1) is 0 Å². The predicted octanol–water partition coefficient (Wildman–Crippen LogP) is 3.32. The maximum absolute atomic E-state index is 15.4. The molecule has 5 atom stereocenters. The van der Waals surface area contributed by atoms with Crippen molar-refractivity contribution >= 4 is 28.7 Å². The van der Waals surface area contributed by atoms with Crippen molar-refractivity contribution in [3.05, 3.63) is 45.9 Å². The monoisotopic (exact) mass is 586 g/mol. The Morgan fingerprint density at radius 1 is 1.15 bits per heavy atom. The molecule has 2 aromatic heterocycles. The number of pyridine rings is 1. The number of nitrogens with zero attached hydrogens (tertiary/aromatic N) is 3. The van der Waals surface area contributed by atoms with E-state index >= 15 is 4.39 Å². The van der Waals surface area contributed by atoms with Gasteiger partial charge in [0.05, 0.1) is 29.4 Å². The molecule has 5 heterocycles. The molecule has 3 saturated heterocycles. The normalized spacial score (nSPS) is 27.8. The van der Waals surface area contributed by atoms with Gasteiger partial charge in [-0.05, 0) is 48.4 Å². The van der Waals surface area contributed by atoms with Crippen molar-refractivity contribution in [1.82, 2.24) is 19.9 Å². The summed E-state index contributed by atoms with van der Waals surface area (Å²) in [6, 6.07) is 5.48. The average molecular weight is 587 g/mol. The van der Waals surface area contributed by atoms with Crippen molar-refractivity contribution in [2.45, 2.75) is 75.5 Å². The first-order valence-corrected chi connectivity index (χ1v) is 14.6. The topological polar surface area (TPSA) is 119 Å². The number of aryl methyl sites for hydroxylation is 1. The fourth-order valence-electron chi connectivity index (χ4n) is 6.59. The molecule has 0 radical (unpaired) electrons. The molecule has 3 fully saturated rings. The molecule has 0 spiro atoms. The number of aliphatic hydroxyl groups is 1. The van der Waals surface area contributed by atoms with Crippen LogP contribution in [0.15, 0.2) is 18.2 Å². The molecule has 1 amide bonds. The highest BCUT2D eigenvalue weighted by atomic mass is 35.5. The summed E-state index contributed by atoms with van der Waals surface area (Å²) >= 11 is 6.62. The Balaban J connectivity index is 1.04. The van der Waals surface area contributed by atoms with Gasteiger partial charge in [0.25, 0.3) is 6.01 Å². The number of rotatable bonds is 6. The molecule has 0 saturated carbocycles. The van der Waals surface area contributed by atoms with E-state index in [0.717, 1.165) is 31.2 Å². The number of aliphatic hydroxyl groups excluding tert-OH is 1. The summed E-state index contributed by atoms with van der Waals surface area (Å²) in [5.74, 6) is 0.283. The van der Waals surface area contributed by atoms with Gasteiger partial charge in [0.2, 0.25) is 5.91 Å². The van der Waals surface area contributed by atoms with Gasteiger partial charge in [-0.25, -0.2) is 9.37 Å². The van der Waals surface area contributed by atoms with Crippen LogP contribution in [0.2, 0.25) is 5.02 Å². The van der Waals surface area contributed by atoms with Crippen molar-refractivity contribution in [2.75, 3.05) is 26.3 Å². The number of hydrogen-bond acceptors (Lipinski definition) is 8. The number of aromatic amines is 1. The van der Waals surface area contributed by atoms with Gasteiger partial charge in [-0.2, -0.15) is 4.98 Å². The first-order valence-electron chi connectivity index (χ1n) is 14.2. The zero-order chi connectivity index (χ0) is 28.2. The summed E-state index contributed by atoms with van der Waals surface area (Å²) in [4.78, 5) is 25.7. The zero-order valence-electron chi connectivity index (χ0n) is 22.6. The van der Waals surface area contributed by atoms with Crippen LogP contribution < -0.4 is 9.47 Å². The SMILES string of the molecule is CC(=O)N1CCC(Oc2cc(F)c3c(c2)CCC3Cc2nc3nc(O[C@@H]4CO[C@H]5[C@@H]4OC[C@H]5O)[nH]c3cc2Cl)CC1. The predicted molar refractivity (Wildman–Crippen MR) is 146 cm³/mol. The molecule has 1 aliphatic carbocycles. The number of carbonyl (C=O) groups is 1. The largest absolute Gasteiger partial charge is 0.490 e. The molecule has 3 aliphatic heterocycles. The zero-order valence-corrected chi connectivity index (χ0v) is 23.4. The minimum absolute atomic E-state index is 0.0300. The van der Waals surface area contributed by atoms with E-state index in [4.69, 9.17) is 35.5 Å². The van der Waals surface area contributed by atoms with E-state index in [2.05, 4.69) is 9.97 Å². The average Bonchev–Trinajstić information content (AvgIpc) is 3.71. The first kappa shape index (κ1) is 26.9. The smallest absolute Gasteiger partial charge is 0.296 e. The van der Waals surface area contributed by atoms with E-state index in [0.29, 0.717) is 59.3 Å². The highest BCUT2D eigenvalue weighted by Gasteiger charge is 2.48. The van der Waals surface area contributed by atoms with E-state index in [-0.39, 0.29) is 42.5 Å². The maximum Gasteiger partial charge on any atom is 0.296 e. The molecule has 4 aliphatic rings. The maximum atomic E-state index is 15.4. The van der Waals surface area contributed by atoms with Gasteiger partial charge in [0, 0.05) is 38.9 Å². The van der Waals surface area contributed by atoms with Gasteiger partial charge in [-0.1, -0.05) is 11.6 Å². The summed E-state index contributed by atoms with van der Waals surface area (Å²) in [5, 5.41) is 10.4. The second-order valence-electron chi connectivity index (χ2n) is 11.4. The molecule has 12 heteroatoms. The van der Waals surface area contributed by atoms with Crippen LogP contribution in [0.25, 0.3) is 11.2 Å². The second-order valence-corrected chi connectivity index (χ2v) is 11.8. The summed E-state index contributed by atoms with van der Waals surface area (Å²) < 4.78 is 38.8. The number of halogens is 2. The quantitative estimate of drug-likeness (QED) is 0.452. The number of imidazole rings is 1. The van der Waals surface area contributed by atoms with E-state index in [1.165, 1.54) is 6.07 Å². The van der Waals surface area contributed by atoms with Crippen LogP contribution in [0.4, 0.5) is 4.39 Å². The number of ether oxygens (including phenoxy) is 4. The van der Waals surface area contributed by atoms with Crippen molar-refractivity contribution in [3.63, 3.8) is 0 Å². The van der Waals surface area contributed by atoms with E-state index in [1.54, 1.807) is 13.0 Å². The molecule has 0 bridgehead atoms. The molecule has 3 aromatic rings. The van der Waals surface area contributed by atoms with Crippen LogP contribution in [-0.2, 0) is 27.1 Å². The Morgan fingerprint density at radius 3 is 2.76 bits per heavy atom. The van der Waals surface area contributed by atoms with Gasteiger partial charge >= 0.3 is 0 Å². The lowest BCUT2D eigenvalue weighted by molar-refractivity contribution is -0.130. The number of fused-ring (bicyclic) bond motifs is 3. The van der Waals surface area contributed by atoms with Crippen molar-refractivity contribution in [3.8, 4) is 11.8 Å². The van der Waals surface area contributed by atoms with Crippen LogP contribution >= 0.6 is 11.6 Å². The highest BCUT2D eigenvalue weighted by Crippen LogP contribution is 2.41. The summed E-state index contributed by atoms with van der Waals surface area (Å²) in [6.45, 7) is 3.41. The Kier molecular flexibility index (Phi) is 7.01. The minimum Gasteiger partial charge on any atom is -0.490 e. The highest BCUT2D eigenvalue weighted by molar-refractivity contribution is 6.31. The van der Waals surface area contributed by atoms with E-state index < -0.39 is 18.3 Å². The number of carbonyl (C=O) groups excluding carboxylic acids is 1. The number of nitrogens with one attached hydrogen (secondary N) is 1. The summed E-state index contributed by atoms with van der Waals surface area (Å²) in [5.41, 5.74) is 3.39. The van der Waals surface area contributed by atoms with Crippen molar-refractivity contribution in [2.24, 2.45) is 0 Å². The summed E-state index contributed by atoms with van der Waals surface area (Å²) in [6.07, 6.45) is 1.66. The molecule has 1 aromatic carbocycles. The van der Waals surface area contributed by atoms with Crippen LogP contribution in [-0.4, -0.2) is 87.7 Å². The van der Waals surface area contributed by atoms with Crippen molar-refractivity contribution < 1.29 is 33.2 Å². The number of H-pyrrole nitrogens is 1. The van der Waals surface area contributed by atoms with Crippen LogP contribution in [0.5, 0.6) is 11.8 Å². The van der Waals surface area contributed by atoms with Crippen LogP contribution in [0.3, 0.4) is 0 Å². The van der Waals surface area contributed by atoms with Crippen LogP contribution in [0, 0.1) is 5.82 Å². The Labute approximate surface area is 241 Å². The Bertz CT molecular complexity index is 1480. The van der Waals surface area contributed by atoms with Gasteiger partial charge in [-0.3, -0.25) is 4.79 Å². The summed E-state index contributed by atoms with van der Waals surface area (Å²) in [7, 11) is 0. The third-order valence-corrected chi connectivity index (χ3v) is 9.04. The molecule has 7 rings (SSSR count). The molecular weight excluding hydrogens is 555 g/mol. The van der Waals surface area contributed by atoms with Crippen LogP contribution in [0.1, 0.15) is 48.9 Å². The lowest BCUT2D eigenvalue weighted by Gasteiger charge is -2.31. The van der Waals surface area contributed by atoms with Gasteiger partial charge < -0.3 is 33.9 Å². The van der Waals surface area contributed by atoms with Gasteiger partial charge in [0.1, 0.15) is 36.0 Å². The van der Waals surface area contributed by atoms with Gasteiger partial charge in [0.15, 0.2) is 11.8 Å². The second kappa shape index (κ2) is 10.7. The third-order valence-electron chi connectivity index (χ3n) is 8.71. The minimum atomic E-state index is -0.658.